The summed E-state index contributed by atoms with van der Waals surface area (Å²) < 4.78 is 0. The molecule has 1 heterocycles. The van der Waals surface area contributed by atoms with Crippen LogP contribution in [-0.4, -0.2) is 23.3 Å². The first-order valence-electron chi connectivity index (χ1n) is 5.29. The molecule has 6 heteroatoms. The summed E-state index contributed by atoms with van der Waals surface area (Å²) >= 11 is 5.91. The lowest BCUT2D eigenvalue weighted by atomic mass is 10.3. The quantitative estimate of drug-likeness (QED) is 0.657. The number of aromatic nitrogens is 2. The Kier molecular flexibility index (Phi) is 3.85. The Labute approximate surface area is 104 Å². The number of nitrogens with two attached hydrogens (primary N) is 1. The summed E-state index contributed by atoms with van der Waals surface area (Å²) in [5.41, 5.74) is 7.21. The van der Waals surface area contributed by atoms with Gasteiger partial charge in [-0.05, 0) is 18.2 Å². The van der Waals surface area contributed by atoms with E-state index in [2.05, 4.69) is 20.8 Å². The molecule has 0 saturated carbocycles. The molecule has 1 aromatic carbocycles. The van der Waals surface area contributed by atoms with Crippen LogP contribution in [0.15, 0.2) is 30.5 Å². The number of benzene rings is 1. The van der Waals surface area contributed by atoms with E-state index in [4.69, 9.17) is 17.3 Å². The second kappa shape index (κ2) is 5.56. The predicted octanol–water partition coefficient (Wildman–Crippen LogP) is 2.18. The van der Waals surface area contributed by atoms with Crippen LogP contribution in [0, 0.1) is 0 Å². The highest BCUT2D eigenvalue weighted by Gasteiger charge is 2.04. The van der Waals surface area contributed by atoms with Gasteiger partial charge in [0.15, 0.2) is 0 Å². The van der Waals surface area contributed by atoms with Crippen LogP contribution in [0.3, 0.4) is 0 Å². The van der Waals surface area contributed by atoms with E-state index in [1.807, 2.05) is 24.3 Å². The molecule has 0 radical (unpaired) electrons. The number of nitrogens with one attached hydrogen (secondary N) is 3. The first-order valence-corrected chi connectivity index (χ1v) is 5.67. The van der Waals surface area contributed by atoms with Gasteiger partial charge in [-0.1, -0.05) is 17.7 Å². The monoisotopic (exact) mass is 251 g/mol. The molecule has 2 rings (SSSR count). The number of hydrogen-bond donors (Lipinski definition) is 4. The molecule has 0 unspecified atom stereocenters. The number of anilines is 3. The molecule has 0 aliphatic carbocycles. The molecular weight excluding hydrogens is 238 g/mol. The topological polar surface area (TPSA) is 78.8 Å². The van der Waals surface area contributed by atoms with E-state index >= 15 is 0 Å². The van der Waals surface area contributed by atoms with Gasteiger partial charge in [0, 0.05) is 23.8 Å². The normalized spacial score (nSPS) is 10.2. The average Bonchev–Trinajstić information content (AvgIpc) is 2.74. The van der Waals surface area contributed by atoms with Crippen molar-refractivity contribution in [2.75, 3.05) is 23.7 Å². The maximum atomic E-state index is 5.91. The van der Waals surface area contributed by atoms with Crippen molar-refractivity contribution in [3.63, 3.8) is 0 Å². The zero-order valence-corrected chi connectivity index (χ0v) is 9.96. The highest BCUT2D eigenvalue weighted by Crippen LogP contribution is 2.24. The van der Waals surface area contributed by atoms with Gasteiger partial charge in [-0.15, -0.1) is 0 Å². The lowest BCUT2D eigenvalue weighted by Crippen LogP contribution is -2.13. The van der Waals surface area contributed by atoms with Gasteiger partial charge in [-0.25, -0.2) is 0 Å². The minimum absolute atomic E-state index is 0.565. The Bertz CT molecular complexity index is 482. The molecule has 0 saturated heterocycles. The third-order valence-corrected chi connectivity index (χ3v) is 2.42. The Hall–Kier alpha value is -1.72. The zero-order valence-electron chi connectivity index (χ0n) is 9.20. The minimum Gasteiger partial charge on any atom is -0.367 e. The predicted molar refractivity (Wildman–Crippen MR) is 70.9 cm³/mol. The molecule has 17 heavy (non-hydrogen) atoms. The van der Waals surface area contributed by atoms with Crippen LogP contribution in [0.25, 0.3) is 0 Å². The molecule has 0 amide bonds. The maximum absolute atomic E-state index is 5.91. The Morgan fingerprint density at radius 1 is 1.41 bits per heavy atom. The van der Waals surface area contributed by atoms with Crippen molar-refractivity contribution in [2.45, 2.75) is 0 Å². The number of nitrogens with zero attached hydrogens (tertiary/aromatic N) is 1. The van der Waals surface area contributed by atoms with Crippen LogP contribution in [-0.2, 0) is 0 Å². The SMILES string of the molecule is NCCNc1[nH]ncc1Nc1cccc(Cl)c1. The summed E-state index contributed by atoms with van der Waals surface area (Å²) in [5.74, 6) is 0.815. The third kappa shape index (κ3) is 3.12. The van der Waals surface area contributed by atoms with Crippen LogP contribution in [0.4, 0.5) is 17.2 Å². The van der Waals surface area contributed by atoms with E-state index in [0.717, 1.165) is 17.2 Å². The van der Waals surface area contributed by atoms with E-state index < -0.39 is 0 Å². The van der Waals surface area contributed by atoms with Gasteiger partial charge in [0.25, 0.3) is 0 Å². The summed E-state index contributed by atoms with van der Waals surface area (Å²) in [6.07, 6.45) is 1.71. The second-order valence-electron chi connectivity index (χ2n) is 3.51. The van der Waals surface area contributed by atoms with Crippen molar-refractivity contribution in [1.29, 1.82) is 0 Å². The molecule has 2 aromatic rings. The van der Waals surface area contributed by atoms with Crippen LogP contribution < -0.4 is 16.4 Å². The van der Waals surface area contributed by atoms with Gasteiger partial charge in [0.05, 0.1) is 6.20 Å². The lowest BCUT2D eigenvalue weighted by molar-refractivity contribution is 0.997. The van der Waals surface area contributed by atoms with Crippen molar-refractivity contribution in [2.24, 2.45) is 5.73 Å². The maximum Gasteiger partial charge on any atom is 0.145 e. The summed E-state index contributed by atoms with van der Waals surface area (Å²) in [4.78, 5) is 0. The number of halogens is 1. The second-order valence-corrected chi connectivity index (χ2v) is 3.95. The zero-order chi connectivity index (χ0) is 12.1. The molecule has 0 spiro atoms. The van der Waals surface area contributed by atoms with Gasteiger partial charge in [-0.2, -0.15) is 5.10 Å². The highest BCUT2D eigenvalue weighted by molar-refractivity contribution is 6.30. The highest BCUT2D eigenvalue weighted by atomic mass is 35.5. The Morgan fingerprint density at radius 2 is 2.29 bits per heavy atom. The first kappa shape index (κ1) is 11.8. The van der Waals surface area contributed by atoms with Crippen molar-refractivity contribution in [1.82, 2.24) is 10.2 Å². The number of hydrogen-bond acceptors (Lipinski definition) is 4. The third-order valence-electron chi connectivity index (χ3n) is 2.19. The largest absolute Gasteiger partial charge is 0.367 e. The fourth-order valence-electron chi connectivity index (χ4n) is 1.43. The summed E-state index contributed by atoms with van der Waals surface area (Å²) in [5, 5.41) is 13.9. The van der Waals surface area contributed by atoms with Gasteiger partial charge < -0.3 is 16.4 Å². The Morgan fingerprint density at radius 3 is 3.06 bits per heavy atom. The molecule has 0 aliphatic heterocycles. The molecule has 0 aliphatic rings. The van der Waals surface area contributed by atoms with Crippen LogP contribution in [0.5, 0.6) is 0 Å². The molecular formula is C11H14ClN5. The molecule has 0 atom stereocenters. The fraction of sp³-hybridized carbons (Fsp3) is 0.182. The van der Waals surface area contributed by atoms with Gasteiger partial charge >= 0.3 is 0 Å². The molecule has 0 fully saturated rings. The summed E-state index contributed by atoms with van der Waals surface area (Å²) in [6, 6.07) is 7.50. The number of aromatic amines is 1. The van der Waals surface area contributed by atoms with Crippen LogP contribution in [0.2, 0.25) is 5.02 Å². The molecule has 0 bridgehead atoms. The van der Waals surface area contributed by atoms with Gasteiger partial charge in [0.1, 0.15) is 11.5 Å². The smallest absolute Gasteiger partial charge is 0.145 e. The van der Waals surface area contributed by atoms with Crippen molar-refractivity contribution in [3.8, 4) is 0 Å². The van der Waals surface area contributed by atoms with Gasteiger partial charge in [0.2, 0.25) is 0 Å². The fourth-order valence-corrected chi connectivity index (χ4v) is 1.62. The molecule has 5 N–H and O–H groups in total. The van der Waals surface area contributed by atoms with Crippen molar-refractivity contribution < 1.29 is 0 Å². The Balaban J connectivity index is 2.10. The van der Waals surface area contributed by atoms with E-state index in [1.54, 1.807) is 6.20 Å². The van der Waals surface area contributed by atoms with Crippen LogP contribution >= 0.6 is 11.6 Å². The lowest BCUT2D eigenvalue weighted by Gasteiger charge is -2.08. The average molecular weight is 252 g/mol. The molecule has 5 nitrogen and oxygen atoms in total. The van der Waals surface area contributed by atoms with Crippen molar-refractivity contribution >= 4 is 28.8 Å². The number of H-pyrrole nitrogens is 1. The van der Waals surface area contributed by atoms with Crippen LogP contribution in [0.1, 0.15) is 0 Å². The summed E-state index contributed by atoms with van der Waals surface area (Å²) in [7, 11) is 0. The van der Waals surface area contributed by atoms with Crippen molar-refractivity contribution in [3.05, 3.63) is 35.5 Å². The van der Waals surface area contributed by atoms with E-state index in [0.29, 0.717) is 18.1 Å². The van der Waals surface area contributed by atoms with Gasteiger partial charge in [-0.3, -0.25) is 5.10 Å². The molecule has 90 valence electrons. The molecule has 1 aromatic heterocycles. The van der Waals surface area contributed by atoms with E-state index in [1.165, 1.54) is 0 Å². The standard InChI is InChI=1S/C11H14ClN5/c12-8-2-1-3-9(6-8)16-10-7-15-17-11(10)14-5-4-13/h1-3,6-7,16H,4-5,13H2,(H2,14,15,17). The van der Waals surface area contributed by atoms with E-state index in [-0.39, 0.29) is 0 Å². The van der Waals surface area contributed by atoms with E-state index in [9.17, 15) is 0 Å². The first-order chi connectivity index (χ1) is 8.29. The minimum atomic E-state index is 0.565. The summed E-state index contributed by atoms with van der Waals surface area (Å²) in [6.45, 7) is 1.25. The number of rotatable bonds is 5.